The van der Waals surface area contributed by atoms with Gasteiger partial charge in [-0.25, -0.2) is 9.97 Å². The number of nitrogens with one attached hydrogen (secondary N) is 2. The second-order valence-electron chi connectivity index (χ2n) is 10.2. The van der Waals surface area contributed by atoms with Crippen molar-refractivity contribution in [2.45, 2.75) is 63.5 Å². The number of hydrogen-bond donors (Lipinski definition) is 3. The SMILES string of the molecule is Cn1nc(-c2cnc3[nH]cc(C(=O)N[C@@H](C(=O)N4CCC(N)CC4)C4CC4)c3n2)c2c1CCCC2. The number of piperidine rings is 1. The van der Waals surface area contributed by atoms with Crippen LogP contribution < -0.4 is 11.1 Å². The summed E-state index contributed by atoms with van der Waals surface area (Å²) in [5.74, 6) is -0.113. The minimum atomic E-state index is -0.513. The Bertz CT molecular complexity index is 1280. The van der Waals surface area contributed by atoms with Gasteiger partial charge >= 0.3 is 0 Å². The number of fused-ring (bicyclic) bond motifs is 2. The van der Waals surface area contributed by atoms with E-state index in [1.54, 1.807) is 12.4 Å². The van der Waals surface area contributed by atoms with Gasteiger partial charge in [0.05, 0.1) is 11.8 Å². The van der Waals surface area contributed by atoms with Crippen LogP contribution in [-0.2, 0) is 24.7 Å². The lowest BCUT2D eigenvalue weighted by Crippen LogP contribution is -2.53. The van der Waals surface area contributed by atoms with Crippen molar-refractivity contribution < 1.29 is 9.59 Å². The molecule has 1 aliphatic heterocycles. The molecule has 1 saturated heterocycles. The van der Waals surface area contributed by atoms with Crippen LogP contribution in [0.25, 0.3) is 22.6 Å². The first-order valence-corrected chi connectivity index (χ1v) is 12.7. The molecule has 184 valence electrons. The molecule has 4 heterocycles. The van der Waals surface area contributed by atoms with Crippen molar-refractivity contribution in [3.63, 3.8) is 0 Å². The molecule has 3 aliphatic rings. The number of nitrogens with zero attached hydrogens (tertiary/aromatic N) is 5. The summed E-state index contributed by atoms with van der Waals surface area (Å²) in [5.41, 5.74) is 11.5. The lowest BCUT2D eigenvalue weighted by Gasteiger charge is -2.33. The van der Waals surface area contributed by atoms with E-state index < -0.39 is 6.04 Å². The highest BCUT2D eigenvalue weighted by molar-refractivity contribution is 6.06. The number of likely N-dealkylation sites (tertiary alicyclic amines) is 1. The molecule has 10 heteroatoms. The lowest BCUT2D eigenvalue weighted by molar-refractivity contribution is -0.134. The second-order valence-corrected chi connectivity index (χ2v) is 10.2. The zero-order valence-electron chi connectivity index (χ0n) is 20.1. The number of rotatable bonds is 5. The number of amides is 2. The summed E-state index contributed by atoms with van der Waals surface area (Å²) < 4.78 is 1.94. The van der Waals surface area contributed by atoms with Gasteiger partial charge in [-0.15, -0.1) is 0 Å². The average molecular weight is 477 g/mol. The Hall–Kier alpha value is -3.27. The number of carbonyl (C=O) groups is 2. The molecule has 2 aliphatic carbocycles. The lowest BCUT2D eigenvalue weighted by atomic mass is 9.95. The van der Waals surface area contributed by atoms with E-state index in [1.165, 1.54) is 17.7 Å². The highest BCUT2D eigenvalue weighted by Gasteiger charge is 2.40. The molecule has 0 spiro atoms. The van der Waals surface area contributed by atoms with Crippen LogP contribution in [0.2, 0.25) is 0 Å². The number of nitrogens with two attached hydrogens (primary N) is 1. The van der Waals surface area contributed by atoms with Gasteiger partial charge in [-0.1, -0.05) is 0 Å². The summed E-state index contributed by atoms with van der Waals surface area (Å²) in [6, 6.07) is -0.363. The smallest absolute Gasteiger partial charge is 0.255 e. The highest BCUT2D eigenvalue weighted by Crippen LogP contribution is 2.34. The van der Waals surface area contributed by atoms with Crippen molar-refractivity contribution >= 4 is 23.0 Å². The number of H-pyrrole nitrogens is 1. The zero-order valence-corrected chi connectivity index (χ0v) is 20.1. The molecular formula is C25H32N8O2. The maximum atomic E-state index is 13.4. The summed E-state index contributed by atoms with van der Waals surface area (Å²) in [7, 11) is 1.97. The average Bonchev–Trinajstić information content (AvgIpc) is 3.54. The minimum absolute atomic E-state index is 0.000483. The van der Waals surface area contributed by atoms with Crippen molar-refractivity contribution in [2.24, 2.45) is 18.7 Å². The first-order chi connectivity index (χ1) is 17.0. The van der Waals surface area contributed by atoms with E-state index >= 15 is 0 Å². The predicted molar refractivity (Wildman–Crippen MR) is 131 cm³/mol. The Kier molecular flexibility index (Phi) is 5.55. The number of aromatic nitrogens is 5. The standard InChI is InChI=1S/C25H32N8O2/c1-32-19-5-3-2-4-16(19)21(31-32)18-13-28-23-22(29-18)17(12-27-23)24(34)30-20(14-6-7-14)25(35)33-10-8-15(26)9-11-33/h12-15,20H,2-11,26H2,1H3,(H,27,28)(H,30,34)/t20-/m1/s1. The van der Waals surface area contributed by atoms with Crippen LogP contribution in [0.4, 0.5) is 0 Å². The number of aromatic amines is 1. The van der Waals surface area contributed by atoms with E-state index in [2.05, 4.69) is 15.3 Å². The summed E-state index contributed by atoms with van der Waals surface area (Å²) >= 11 is 0. The van der Waals surface area contributed by atoms with Gasteiger partial charge in [0.1, 0.15) is 22.9 Å². The van der Waals surface area contributed by atoms with Gasteiger partial charge < -0.3 is 20.9 Å². The molecule has 0 bridgehead atoms. The quantitative estimate of drug-likeness (QED) is 0.513. The summed E-state index contributed by atoms with van der Waals surface area (Å²) in [6.45, 7) is 1.30. The summed E-state index contributed by atoms with van der Waals surface area (Å²) in [5, 5.41) is 7.76. The van der Waals surface area contributed by atoms with Crippen LogP contribution >= 0.6 is 0 Å². The van der Waals surface area contributed by atoms with Crippen LogP contribution in [0.3, 0.4) is 0 Å². The van der Waals surface area contributed by atoms with E-state index in [1.807, 2.05) is 16.6 Å². The largest absolute Gasteiger partial charge is 0.344 e. The monoisotopic (exact) mass is 476 g/mol. The molecule has 35 heavy (non-hydrogen) atoms. The fourth-order valence-electron chi connectivity index (χ4n) is 5.50. The normalized spacial score (nSPS) is 19.5. The number of aryl methyl sites for hydroxylation is 1. The van der Waals surface area contributed by atoms with Gasteiger partial charge in [-0.05, 0) is 57.3 Å². The van der Waals surface area contributed by atoms with Crippen LogP contribution in [0.1, 0.15) is 60.1 Å². The van der Waals surface area contributed by atoms with E-state index in [-0.39, 0.29) is 23.8 Å². The third-order valence-corrected chi connectivity index (χ3v) is 7.73. The predicted octanol–water partition coefficient (Wildman–Crippen LogP) is 1.70. The summed E-state index contributed by atoms with van der Waals surface area (Å²) in [6.07, 6.45) is 11.2. The molecule has 4 N–H and O–H groups in total. The Labute approximate surface area is 203 Å². The highest BCUT2D eigenvalue weighted by atomic mass is 16.2. The molecule has 1 atom stereocenters. The fourth-order valence-corrected chi connectivity index (χ4v) is 5.50. The number of carbonyl (C=O) groups excluding carboxylic acids is 2. The zero-order chi connectivity index (χ0) is 24.1. The van der Waals surface area contributed by atoms with Gasteiger partial charge in [0.2, 0.25) is 5.91 Å². The van der Waals surface area contributed by atoms with Crippen LogP contribution in [0, 0.1) is 5.92 Å². The Balaban J connectivity index is 1.27. The Morgan fingerprint density at radius 2 is 1.94 bits per heavy atom. The van der Waals surface area contributed by atoms with Crippen LogP contribution in [0.15, 0.2) is 12.4 Å². The molecule has 0 radical (unpaired) electrons. The molecule has 10 nitrogen and oxygen atoms in total. The third kappa shape index (κ3) is 4.09. The van der Waals surface area contributed by atoms with Crippen molar-refractivity contribution in [1.29, 1.82) is 0 Å². The van der Waals surface area contributed by atoms with Crippen molar-refractivity contribution in [1.82, 2.24) is 34.9 Å². The molecule has 0 aromatic carbocycles. The Morgan fingerprint density at radius 1 is 1.17 bits per heavy atom. The molecule has 2 amide bonds. The fraction of sp³-hybridized carbons (Fsp3) is 0.560. The van der Waals surface area contributed by atoms with Crippen LogP contribution in [-0.4, -0.2) is 66.6 Å². The topological polar surface area (TPSA) is 135 Å². The minimum Gasteiger partial charge on any atom is -0.344 e. The van der Waals surface area contributed by atoms with Gasteiger partial charge in [-0.3, -0.25) is 14.3 Å². The van der Waals surface area contributed by atoms with Gasteiger partial charge in [0, 0.05) is 43.6 Å². The Morgan fingerprint density at radius 3 is 2.71 bits per heavy atom. The molecule has 3 aromatic rings. The molecule has 2 fully saturated rings. The maximum Gasteiger partial charge on any atom is 0.255 e. The molecule has 6 rings (SSSR count). The first kappa shape index (κ1) is 22.2. The summed E-state index contributed by atoms with van der Waals surface area (Å²) in [4.78, 5) is 40.9. The van der Waals surface area contributed by atoms with Gasteiger partial charge in [0.15, 0.2) is 5.65 Å². The first-order valence-electron chi connectivity index (χ1n) is 12.7. The van der Waals surface area contributed by atoms with Gasteiger partial charge in [0.25, 0.3) is 5.91 Å². The van der Waals surface area contributed by atoms with Crippen molar-refractivity contribution in [3.8, 4) is 11.4 Å². The van der Waals surface area contributed by atoms with E-state index in [4.69, 9.17) is 15.8 Å². The van der Waals surface area contributed by atoms with Crippen molar-refractivity contribution in [2.75, 3.05) is 13.1 Å². The molecule has 0 unspecified atom stereocenters. The second kappa shape index (κ2) is 8.75. The maximum absolute atomic E-state index is 13.4. The molecule has 1 saturated carbocycles. The number of hydrogen-bond acceptors (Lipinski definition) is 6. The molecular weight excluding hydrogens is 444 g/mol. The van der Waals surface area contributed by atoms with Crippen LogP contribution in [0.5, 0.6) is 0 Å². The van der Waals surface area contributed by atoms with E-state index in [9.17, 15) is 9.59 Å². The third-order valence-electron chi connectivity index (χ3n) is 7.73. The molecule has 3 aromatic heterocycles. The van der Waals surface area contributed by atoms with Crippen molar-refractivity contribution in [3.05, 3.63) is 29.2 Å². The van der Waals surface area contributed by atoms with E-state index in [0.717, 1.165) is 50.6 Å². The van der Waals surface area contributed by atoms with E-state index in [0.29, 0.717) is 35.5 Å². The van der Waals surface area contributed by atoms with Gasteiger partial charge in [-0.2, -0.15) is 5.10 Å².